The van der Waals surface area contributed by atoms with Gasteiger partial charge < -0.3 is 19.7 Å². The zero-order valence-electron chi connectivity index (χ0n) is 7.15. The molecule has 2 N–H and O–H groups in total. The maximum absolute atomic E-state index is 9.45. The average molecular weight is 182 g/mol. The number of fused-ring (bicyclic) bond motifs is 1. The van der Waals surface area contributed by atoms with Crippen LogP contribution in [-0.4, -0.2) is 17.0 Å². The molecular weight excluding hydrogens is 172 g/mol. The molecule has 1 aromatic rings. The maximum atomic E-state index is 9.45. The molecule has 2 rings (SSSR count). The highest BCUT2D eigenvalue weighted by Gasteiger charge is 2.23. The number of aliphatic hydroxyl groups is 1. The van der Waals surface area contributed by atoms with E-state index < -0.39 is 6.10 Å². The third-order valence-corrected chi connectivity index (χ3v) is 1.97. The molecule has 1 aliphatic rings. The highest BCUT2D eigenvalue weighted by Crippen LogP contribution is 2.43. The van der Waals surface area contributed by atoms with Crippen molar-refractivity contribution >= 4 is 0 Å². The van der Waals surface area contributed by atoms with Crippen LogP contribution in [0.25, 0.3) is 0 Å². The molecule has 70 valence electrons. The largest absolute Gasteiger partial charge is 0.507 e. The third kappa shape index (κ3) is 1.19. The molecule has 4 nitrogen and oxygen atoms in total. The molecule has 0 bridgehead atoms. The second kappa shape index (κ2) is 2.81. The van der Waals surface area contributed by atoms with Gasteiger partial charge in [-0.3, -0.25) is 0 Å². The molecule has 0 amide bonds. The van der Waals surface area contributed by atoms with E-state index in [4.69, 9.17) is 9.47 Å². The van der Waals surface area contributed by atoms with Crippen molar-refractivity contribution in [3.63, 3.8) is 0 Å². The molecule has 0 saturated heterocycles. The summed E-state index contributed by atoms with van der Waals surface area (Å²) in [7, 11) is 0. The van der Waals surface area contributed by atoms with Crippen LogP contribution in [0.2, 0.25) is 0 Å². The maximum Gasteiger partial charge on any atom is 0.231 e. The quantitative estimate of drug-likeness (QED) is 0.684. The van der Waals surface area contributed by atoms with Crippen LogP contribution < -0.4 is 9.47 Å². The van der Waals surface area contributed by atoms with Gasteiger partial charge in [-0.1, -0.05) is 0 Å². The van der Waals surface area contributed by atoms with E-state index in [9.17, 15) is 10.2 Å². The summed E-state index contributed by atoms with van der Waals surface area (Å²) in [4.78, 5) is 0. The van der Waals surface area contributed by atoms with Gasteiger partial charge in [-0.25, -0.2) is 0 Å². The summed E-state index contributed by atoms with van der Waals surface area (Å²) in [6, 6.07) is 3.10. The molecule has 0 aromatic heterocycles. The van der Waals surface area contributed by atoms with E-state index in [0.717, 1.165) is 0 Å². The smallest absolute Gasteiger partial charge is 0.231 e. The van der Waals surface area contributed by atoms with Crippen LogP contribution in [0.15, 0.2) is 12.1 Å². The monoisotopic (exact) mass is 182 g/mol. The number of phenolic OH excluding ortho intramolecular Hbond substituents is 1. The topological polar surface area (TPSA) is 58.9 Å². The van der Waals surface area contributed by atoms with E-state index in [1.165, 1.54) is 6.07 Å². The summed E-state index contributed by atoms with van der Waals surface area (Å²) < 4.78 is 10.2. The van der Waals surface area contributed by atoms with Gasteiger partial charge in [-0.05, 0) is 19.1 Å². The second-order valence-corrected chi connectivity index (χ2v) is 2.91. The number of aliphatic hydroxyl groups excluding tert-OH is 1. The standard InChI is InChI=1S/C9H10O4/c1-5(10)8-6(11)2-3-7-9(8)13-4-12-7/h2-3,5,10-11H,4H2,1H3. The summed E-state index contributed by atoms with van der Waals surface area (Å²) in [5, 5.41) is 18.8. The van der Waals surface area contributed by atoms with Crippen LogP contribution in [0.1, 0.15) is 18.6 Å². The van der Waals surface area contributed by atoms with Crippen molar-refractivity contribution in [2.75, 3.05) is 6.79 Å². The zero-order chi connectivity index (χ0) is 9.42. The Kier molecular flexibility index (Phi) is 1.77. The van der Waals surface area contributed by atoms with E-state index in [2.05, 4.69) is 0 Å². The number of phenols is 1. The lowest BCUT2D eigenvalue weighted by molar-refractivity contribution is 0.163. The zero-order valence-corrected chi connectivity index (χ0v) is 7.15. The van der Waals surface area contributed by atoms with E-state index in [1.807, 2.05) is 0 Å². The number of benzene rings is 1. The molecule has 4 heteroatoms. The third-order valence-electron chi connectivity index (χ3n) is 1.97. The fourth-order valence-corrected chi connectivity index (χ4v) is 1.39. The van der Waals surface area contributed by atoms with Crippen molar-refractivity contribution in [1.82, 2.24) is 0 Å². The Bertz CT molecular complexity index is 333. The lowest BCUT2D eigenvalue weighted by Crippen LogP contribution is -1.96. The van der Waals surface area contributed by atoms with Crippen molar-refractivity contribution in [2.45, 2.75) is 13.0 Å². The van der Waals surface area contributed by atoms with Crippen LogP contribution >= 0.6 is 0 Å². The Labute approximate surface area is 75.3 Å². The number of hydrogen-bond acceptors (Lipinski definition) is 4. The second-order valence-electron chi connectivity index (χ2n) is 2.91. The van der Waals surface area contributed by atoms with Gasteiger partial charge in [0.05, 0.1) is 11.7 Å². The first-order valence-corrected chi connectivity index (χ1v) is 3.99. The molecule has 0 aliphatic carbocycles. The minimum absolute atomic E-state index is 0.0271. The minimum Gasteiger partial charge on any atom is -0.507 e. The van der Waals surface area contributed by atoms with Gasteiger partial charge in [0.2, 0.25) is 6.79 Å². The molecule has 0 spiro atoms. The molecule has 0 fully saturated rings. The van der Waals surface area contributed by atoms with E-state index in [-0.39, 0.29) is 12.5 Å². The summed E-state index contributed by atoms with van der Waals surface area (Å²) in [6.07, 6.45) is -0.767. The van der Waals surface area contributed by atoms with E-state index >= 15 is 0 Å². The van der Waals surface area contributed by atoms with Crippen LogP contribution in [0.4, 0.5) is 0 Å². The SMILES string of the molecule is CC(O)c1c(O)ccc2c1OCO2. The van der Waals surface area contributed by atoms with Gasteiger partial charge in [0.1, 0.15) is 5.75 Å². The van der Waals surface area contributed by atoms with Crippen molar-refractivity contribution in [3.05, 3.63) is 17.7 Å². The fraction of sp³-hybridized carbons (Fsp3) is 0.333. The first-order chi connectivity index (χ1) is 6.20. The molecule has 1 aromatic carbocycles. The van der Waals surface area contributed by atoms with E-state index in [0.29, 0.717) is 17.1 Å². The van der Waals surface area contributed by atoms with Crippen molar-refractivity contribution < 1.29 is 19.7 Å². The number of ether oxygens (including phenoxy) is 2. The molecule has 13 heavy (non-hydrogen) atoms. The van der Waals surface area contributed by atoms with Gasteiger partial charge in [0.25, 0.3) is 0 Å². The predicted molar refractivity (Wildman–Crippen MR) is 44.9 cm³/mol. The molecular formula is C9H10O4. The molecule has 1 atom stereocenters. The Hall–Kier alpha value is -1.42. The lowest BCUT2D eigenvalue weighted by atomic mass is 10.1. The minimum atomic E-state index is -0.767. The summed E-state index contributed by atoms with van der Waals surface area (Å²) in [6.45, 7) is 1.70. The van der Waals surface area contributed by atoms with Gasteiger partial charge in [0.15, 0.2) is 11.5 Å². The Morgan fingerprint density at radius 2 is 2.15 bits per heavy atom. The fourth-order valence-electron chi connectivity index (χ4n) is 1.39. The molecule has 1 aliphatic heterocycles. The first-order valence-electron chi connectivity index (χ1n) is 3.99. The van der Waals surface area contributed by atoms with Gasteiger partial charge in [-0.2, -0.15) is 0 Å². The Balaban J connectivity index is 2.58. The highest BCUT2D eigenvalue weighted by molar-refractivity contribution is 5.55. The van der Waals surface area contributed by atoms with Gasteiger partial charge in [0, 0.05) is 0 Å². The molecule has 1 unspecified atom stereocenters. The Morgan fingerprint density at radius 1 is 1.38 bits per heavy atom. The van der Waals surface area contributed by atoms with Crippen LogP contribution in [0, 0.1) is 0 Å². The molecule has 0 radical (unpaired) electrons. The van der Waals surface area contributed by atoms with Gasteiger partial charge >= 0.3 is 0 Å². The summed E-state index contributed by atoms with van der Waals surface area (Å²) in [5.74, 6) is 1.03. The van der Waals surface area contributed by atoms with Crippen molar-refractivity contribution in [3.8, 4) is 17.2 Å². The van der Waals surface area contributed by atoms with Gasteiger partial charge in [-0.15, -0.1) is 0 Å². The summed E-state index contributed by atoms with van der Waals surface area (Å²) >= 11 is 0. The van der Waals surface area contributed by atoms with Crippen LogP contribution in [0.5, 0.6) is 17.2 Å². The number of hydrogen-bond donors (Lipinski definition) is 2. The number of rotatable bonds is 1. The van der Waals surface area contributed by atoms with Crippen molar-refractivity contribution in [1.29, 1.82) is 0 Å². The lowest BCUT2D eigenvalue weighted by Gasteiger charge is -2.09. The molecule has 1 heterocycles. The number of aromatic hydroxyl groups is 1. The van der Waals surface area contributed by atoms with Crippen LogP contribution in [-0.2, 0) is 0 Å². The Morgan fingerprint density at radius 3 is 2.85 bits per heavy atom. The van der Waals surface area contributed by atoms with E-state index in [1.54, 1.807) is 13.0 Å². The normalized spacial score (nSPS) is 15.8. The average Bonchev–Trinajstić information content (AvgIpc) is 2.50. The highest BCUT2D eigenvalue weighted by atomic mass is 16.7. The van der Waals surface area contributed by atoms with Crippen LogP contribution in [0.3, 0.4) is 0 Å². The molecule has 0 saturated carbocycles. The predicted octanol–water partition coefficient (Wildman–Crippen LogP) is 1.17. The first kappa shape index (κ1) is 8.19. The van der Waals surface area contributed by atoms with Crippen molar-refractivity contribution in [2.24, 2.45) is 0 Å². The summed E-state index contributed by atoms with van der Waals surface area (Å²) in [5.41, 5.74) is 0.384.